The zero-order chi connectivity index (χ0) is 40.7. The Kier molecular flexibility index (Phi) is 9.51. The molecule has 1 nitrogen and oxygen atoms in total. The minimum Gasteiger partial charge on any atom is -0.253 e. The number of aliphatic imine (C=N–C) groups is 1. The summed E-state index contributed by atoms with van der Waals surface area (Å²) >= 11 is 0. The zero-order valence-corrected chi connectivity index (χ0v) is 34.3. The van der Waals surface area contributed by atoms with Crippen LogP contribution in [0.1, 0.15) is 34.7 Å². The molecule has 10 aromatic rings. The van der Waals surface area contributed by atoms with Crippen LogP contribution in [0.15, 0.2) is 206 Å². The van der Waals surface area contributed by atoms with Gasteiger partial charge in [0.2, 0.25) is 0 Å². The van der Waals surface area contributed by atoms with Crippen LogP contribution in [-0.2, 0) is 6.42 Å². The fourth-order valence-corrected chi connectivity index (χ4v) is 8.92. The van der Waals surface area contributed by atoms with Crippen molar-refractivity contribution in [3.05, 3.63) is 229 Å². The lowest BCUT2D eigenvalue weighted by Crippen LogP contribution is -1.96. The molecule has 0 atom stereocenters. The van der Waals surface area contributed by atoms with Crippen LogP contribution >= 0.6 is 0 Å². The molecule has 286 valence electrons. The molecule has 0 unspecified atom stereocenters. The number of aryl methyl sites for hydroxylation is 2. The lowest BCUT2D eigenvalue weighted by molar-refractivity contribution is 1.23. The predicted molar refractivity (Wildman–Crippen MR) is 260 cm³/mol. The number of benzene rings is 10. The SMILES string of the molecule is C=C(Cc1ccccc1C)c1ccc2c(-c3ccc4ccccc4c3)c3cc(-c4ccc(C(C)=Nc5ccccc5C)cc4)ccc3c(-c3ccc4ccccc4c3)c2c1. The molecule has 10 aromatic carbocycles. The van der Waals surface area contributed by atoms with E-state index in [-0.39, 0.29) is 0 Å². The summed E-state index contributed by atoms with van der Waals surface area (Å²) in [5, 5.41) is 9.84. The summed E-state index contributed by atoms with van der Waals surface area (Å²) in [7, 11) is 0. The highest BCUT2D eigenvalue weighted by Gasteiger charge is 2.20. The van der Waals surface area contributed by atoms with Crippen LogP contribution in [0.3, 0.4) is 0 Å². The number of rotatable bonds is 8. The van der Waals surface area contributed by atoms with Crippen molar-refractivity contribution in [3.63, 3.8) is 0 Å². The van der Waals surface area contributed by atoms with Crippen LogP contribution < -0.4 is 0 Å². The molecule has 0 aliphatic heterocycles. The Morgan fingerprint density at radius 2 is 0.917 bits per heavy atom. The van der Waals surface area contributed by atoms with Gasteiger partial charge in [-0.1, -0.05) is 170 Å². The van der Waals surface area contributed by atoms with E-state index in [0.717, 1.165) is 34.5 Å². The fraction of sp³-hybridized carbons (Fsp3) is 0.0678. The molecular formula is C59H45N. The van der Waals surface area contributed by atoms with E-state index in [1.165, 1.54) is 93.2 Å². The lowest BCUT2D eigenvalue weighted by Gasteiger charge is -2.20. The van der Waals surface area contributed by atoms with Crippen LogP contribution in [-0.4, -0.2) is 5.71 Å². The van der Waals surface area contributed by atoms with Gasteiger partial charge in [0.25, 0.3) is 0 Å². The van der Waals surface area contributed by atoms with E-state index < -0.39 is 0 Å². The molecular weight excluding hydrogens is 723 g/mol. The van der Waals surface area contributed by atoms with Crippen molar-refractivity contribution in [2.24, 2.45) is 4.99 Å². The minimum absolute atomic E-state index is 0.800. The average molecular weight is 768 g/mol. The van der Waals surface area contributed by atoms with Crippen molar-refractivity contribution in [3.8, 4) is 33.4 Å². The minimum atomic E-state index is 0.800. The maximum atomic E-state index is 4.98. The largest absolute Gasteiger partial charge is 0.253 e. The Bertz CT molecular complexity index is 3330. The van der Waals surface area contributed by atoms with Gasteiger partial charge >= 0.3 is 0 Å². The molecule has 10 rings (SSSR count). The number of fused-ring (bicyclic) bond motifs is 4. The highest BCUT2D eigenvalue weighted by molar-refractivity contribution is 6.23. The highest BCUT2D eigenvalue weighted by Crippen LogP contribution is 2.46. The third-order valence-electron chi connectivity index (χ3n) is 12.3. The molecule has 0 amide bonds. The fourth-order valence-electron chi connectivity index (χ4n) is 8.92. The summed E-state index contributed by atoms with van der Waals surface area (Å²) in [4.78, 5) is 4.98. The zero-order valence-electron chi connectivity index (χ0n) is 34.3. The van der Waals surface area contributed by atoms with Crippen LogP contribution in [0, 0.1) is 13.8 Å². The van der Waals surface area contributed by atoms with Gasteiger partial charge in [-0.25, -0.2) is 0 Å². The van der Waals surface area contributed by atoms with E-state index in [0.29, 0.717) is 0 Å². The van der Waals surface area contributed by atoms with E-state index in [2.05, 4.69) is 215 Å². The third kappa shape index (κ3) is 6.89. The summed E-state index contributed by atoms with van der Waals surface area (Å²) in [5.74, 6) is 0. The number of allylic oxidation sites excluding steroid dienone is 1. The Hall–Kier alpha value is -7.35. The van der Waals surface area contributed by atoms with E-state index in [1.54, 1.807) is 0 Å². The monoisotopic (exact) mass is 767 g/mol. The molecule has 0 aromatic heterocycles. The summed E-state index contributed by atoms with van der Waals surface area (Å²) in [6, 6.07) is 71.1. The van der Waals surface area contributed by atoms with Gasteiger partial charge in [0.1, 0.15) is 0 Å². The molecule has 60 heavy (non-hydrogen) atoms. The summed E-state index contributed by atoms with van der Waals surface area (Å²) in [6.07, 6.45) is 0.800. The average Bonchev–Trinajstić information content (AvgIpc) is 3.29. The Labute approximate surface area is 352 Å². The van der Waals surface area contributed by atoms with Crippen LogP contribution in [0.5, 0.6) is 0 Å². The summed E-state index contributed by atoms with van der Waals surface area (Å²) < 4.78 is 0. The molecule has 1 heteroatoms. The van der Waals surface area contributed by atoms with E-state index >= 15 is 0 Å². The maximum absolute atomic E-state index is 4.98. The second kappa shape index (κ2) is 15.4. The van der Waals surface area contributed by atoms with Gasteiger partial charge in [0.05, 0.1) is 5.69 Å². The molecule has 0 N–H and O–H groups in total. The maximum Gasteiger partial charge on any atom is 0.0662 e. The van der Waals surface area contributed by atoms with Crippen molar-refractivity contribution >= 4 is 60.1 Å². The Morgan fingerprint density at radius 3 is 1.55 bits per heavy atom. The smallest absolute Gasteiger partial charge is 0.0662 e. The Balaban J connectivity index is 1.20. The standard InChI is InChI=1S/C59H45N/c1-38-13-5-7-17-46(38)33-40(3)47-29-31-53-55(36-47)58(51-27-25-43-15-8-10-18-48(43)34-51)54-32-30-50(37-56(54)59(53)52-28-26-44-16-9-11-19-49(44)35-52)45-23-21-42(22-24-45)41(4)60-57-20-12-6-14-39(57)2/h5-32,34-37H,3,33H2,1-2,4H3. The van der Waals surface area contributed by atoms with E-state index in [1.807, 2.05) is 6.07 Å². The van der Waals surface area contributed by atoms with Gasteiger partial charge < -0.3 is 0 Å². The summed E-state index contributed by atoms with van der Waals surface area (Å²) in [6.45, 7) is 11.1. The first-order valence-electron chi connectivity index (χ1n) is 20.8. The van der Waals surface area contributed by atoms with Gasteiger partial charge in [-0.3, -0.25) is 4.99 Å². The van der Waals surface area contributed by atoms with Crippen molar-refractivity contribution in [2.45, 2.75) is 27.2 Å². The molecule has 0 aliphatic carbocycles. The first-order chi connectivity index (χ1) is 29.4. The van der Waals surface area contributed by atoms with Crippen LogP contribution in [0.2, 0.25) is 0 Å². The second-order valence-corrected chi connectivity index (χ2v) is 16.2. The van der Waals surface area contributed by atoms with Crippen LogP contribution in [0.25, 0.3) is 82.0 Å². The number of hydrogen-bond donors (Lipinski definition) is 0. The molecule has 0 bridgehead atoms. The number of hydrogen-bond acceptors (Lipinski definition) is 1. The first-order valence-corrected chi connectivity index (χ1v) is 20.8. The van der Waals surface area contributed by atoms with Crippen molar-refractivity contribution in [1.82, 2.24) is 0 Å². The van der Waals surface area contributed by atoms with Gasteiger partial charge in [0, 0.05) is 5.71 Å². The molecule has 0 saturated heterocycles. The van der Waals surface area contributed by atoms with E-state index in [9.17, 15) is 0 Å². The predicted octanol–water partition coefficient (Wildman–Crippen LogP) is 16.3. The third-order valence-corrected chi connectivity index (χ3v) is 12.3. The second-order valence-electron chi connectivity index (χ2n) is 16.2. The molecule has 0 radical (unpaired) electrons. The number of para-hydroxylation sites is 1. The molecule has 0 spiro atoms. The van der Waals surface area contributed by atoms with Crippen molar-refractivity contribution < 1.29 is 0 Å². The Morgan fingerprint density at radius 1 is 0.417 bits per heavy atom. The molecule has 0 saturated carbocycles. The van der Waals surface area contributed by atoms with Gasteiger partial charge in [0.15, 0.2) is 0 Å². The van der Waals surface area contributed by atoms with Crippen LogP contribution in [0.4, 0.5) is 5.69 Å². The van der Waals surface area contributed by atoms with Crippen molar-refractivity contribution in [1.29, 1.82) is 0 Å². The molecule has 0 heterocycles. The quantitative estimate of drug-likeness (QED) is 0.108. The van der Waals surface area contributed by atoms with E-state index in [4.69, 9.17) is 4.99 Å². The number of nitrogens with zero attached hydrogens (tertiary/aromatic N) is 1. The van der Waals surface area contributed by atoms with Gasteiger partial charge in [-0.15, -0.1) is 0 Å². The van der Waals surface area contributed by atoms with Crippen molar-refractivity contribution in [2.75, 3.05) is 0 Å². The lowest BCUT2D eigenvalue weighted by atomic mass is 9.83. The normalized spacial score (nSPS) is 11.8. The van der Waals surface area contributed by atoms with Gasteiger partial charge in [-0.05, 0) is 167 Å². The first kappa shape index (κ1) is 37.0. The van der Waals surface area contributed by atoms with Gasteiger partial charge in [-0.2, -0.15) is 0 Å². The molecule has 0 fully saturated rings. The molecule has 0 aliphatic rings. The summed E-state index contributed by atoms with van der Waals surface area (Å²) in [5.41, 5.74) is 16.4. The topological polar surface area (TPSA) is 12.4 Å². The highest BCUT2D eigenvalue weighted by atomic mass is 14.7.